The van der Waals surface area contributed by atoms with E-state index in [0.29, 0.717) is 11.4 Å². The Balaban J connectivity index is 2.19. The van der Waals surface area contributed by atoms with Crippen molar-refractivity contribution in [2.75, 3.05) is 7.11 Å². The highest BCUT2D eigenvalue weighted by atomic mass is 16.5. The van der Waals surface area contributed by atoms with Crippen molar-refractivity contribution in [3.05, 3.63) is 54.0 Å². The molecule has 21 heavy (non-hydrogen) atoms. The Morgan fingerprint density at radius 3 is 2.71 bits per heavy atom. The van der Waals surface area contributed by atoms with Crippen LogP contribution in [0, 0.1) is 5.92 Å². The van der Waals surface area contributed by atoms with Crippen molar-refractivity contribution in [3.8, 4) is 5.88 Å². The summed E-state index contributed by atoms with van der Waals surface area (Å²) in [4.78, 5) is 20.5. The molecule has 1 atom stereocenters. The number of methoxy groups -OCH3 is 1. The van der Waals surface area contributed by atoms with Gasteiger partial charge in [-0.25, -0.2) is 4.98 Å². The summed E-state index contributed by atoms with van der Waals surface area (Å²) in [5.74, 6) is 0.519. The molecule has 0 spiro atoms. The minimum absolute atomic E-state index is 0.0923. The first-order chi connectivity index (χ1) is 10.1. The highest BCUT2D eigenvalue weighted by Crippen LogP contribution is 2.21. The molecule has 2 heterocycles. The number of hydrogen-bond acceptors (Lipinski definition) is 4. The number of amides is 1. The van der Waals surface area contributed by atoms with Gasteiger partial charge < -0.3 is 10.1 Å². The molecule has 0 aliphatic carbocycles. The van der Waals surface area contributed by atoms with Crippen LogP contribution in [0.25, 0.3) is 0 Å². The molecule has 0 saturated heterocycles. The Hall–Kier alpha value is -2.43. The second kappa shape index (κ2) is 6.83. The fourth-order valence-electron chi connectivity index (χ4n) is 2.08. The van der Waals surface area contributed by atoms with Crippen molar-refractivity contribution in [2.45, 2.75) is 19.9 Å². The number of pyridine rings is 2. The van der Waals surface area contributed by atoms with Crippen LogP contribution in [-0.2, 0) is 0 Å². The van der Waals surface area contributed by atoms with Gasteiger partial charge in [0.15, 0.2) is 0 Å². The summed E-state index contributed by atoms with van der Waals surface area (Å²) in [6.07, 6.45) is 5.05. The summed E-state index contributed by atoms with van der Waals surface area (Å²) in [7, 11) is 1.52. The maximum atomic E-state index is 12.4. The van der Waals surface area contributed by atoms with Crippen LogP contribution in [0.5, 0.6) is 5.88 Å². The predicted molar refractivity (Wildman–Crippen MR) is 80.1 cm³/mol. The highest BCUT2D eigenvalue weighted by molar-refractivity contribution is 5.94. The lowest BCUT2D eigenvalue weighted by atomic mass is 9.97. The van der Waals surface area contributed by atoms with Gasteiger partial charge in [0.05, 0.1) is 13.2 Å². The van der Waals surface area contributed by atoms with Crippen LogP contribution in [-0.4, -0.2) is 23.0 Å². The van der Waals surface area contributed by atoms with E-state index >= 15 is 0 Å². The minimum Gasteiger partial charge on any atom is -0.481 e. The number of rotatable bonds is 5. The van der Waals surface area contributed by atoms with Gasteiger partial charge in [-0.05, 0) is 23.6 Å². The van der Waals surface area contributed by atoms with Crippen molar-refractivity contribution in [3.63, 3.8) is 0 Å². The van der Waals surface area contributed by atoms with Crippen LogP contribution < -0.4 is 10.1 Å². The van der Waals surface area contributed by atoms with Gasteiger partial charge in [0, 0.05) is 30.2 Å². The van der Waals surface area contributed by atoms with Crippen LogP contribution in [0.2, 0.25) is 0 Å². The molecule has 110 valence electrons. The van der Waals surface area contributed by atoms with Crippen molar-refractivity contribution < 1.29 is 9.53 Å². The molecule has 0 aliphatic heterocycles. The molecule has 1 amide bonds. The fraction of sp³-hybridized carbons (Fsp3) is 0.312. The molecule has 0 bridgehead atoms. The lowest BCUT2D eigenvalue weighted by Crippen LogP contribution is -2.31. The summed E-state index contributed by atoms with van der Waals surface area (Å²) in [6, 6.07) is 7.02. The maximum Gasteiger partial charge on any atom is 0.252 e. The van der Waals surface area contributed by atoms with E-state index in [1.54, 1.807) is 30.7 Å². The first kappa shape index (κ1) is 15.0. The third kappa shape index (κ3) is 3.78. The van der Waals surface area contributed by atoms with E-state index in [4.69, 9.17) is 4.74 Å². The number of aromatic nitrogens is 2. The van der Waals surface area contributed by atoms with Gasteiger partial charge in [-0.15, -0.1) is 0 Å². The van der Waals surface area contributed by atoms with Gasteiger partial charge in [-0.3, -0.25) is 9.78 Å². The molecule has 2 aromatic heterocycles. The summed E-state index contributed by atoms with van der Waals surface area (Å²) >= 11 is 0. The topological polar surface area (TPSA) is 64.1 Å². The lowest BCUT2D eigenvalue weighted by molar-refractivity contribution is 0.0925. The van der Waals surface area contributed by atoms with E-state index in [9.17, 15) is 4.79 Å². The Morgan fingerprint density at radius 1 is 1.29 bits per heavy atom. The molecule has 0 aliphatic rings. The SMILES string of the molecule is COc1cc(C(=O)N[C@H](c2cccnc2)C(C)C)ccn1. The molecule has 0 aromatic carbocycles. The van der Waals surface area contributed by atoms with E-state index in [-0.39, 0.29) is 17.9 Å². The average Bonchev–Trinajstić information content (AvgIpc) is 2.53. The van der Waals surface area contributed by atoms with Crippen molar-refractivity contribution in [1.82, 2.24) is 15.3 Å². The molecule has 1 N–H and O–H groups in total. The average molecular weight is 285 g/mol. The van der Waals surface area contributed by atoms with Gasteiger partial charge >= 0.3 is 0 Å². The maximum absolute atomic E-state index is 12.4. The standard InChI is InChI=1S/C16H19N3O2/c1-11(2)15(13-5-4-7-17-10-13)19-16(20)12-6-8-18-14(9-12)21-3/h4-11,15H,1-3H3,(H,19,20)/t15-/m0/s1. The number of carbonyl (C=O) groups excluding carboxylic acids is 1. The Labute approximate surface area is 124 Å². The molecular weight excluding hydrogens is 266 g/mol. The Kier molecular flexibility index (Phi) is 4.87. The molecule has 0 fully saturated rings. The van der Waals surface area contributed by atoms with Gasteiger partial charge in [-0.2, -0.15) is 0 Å². The largest absolute Gasteiger partial charge is 0.481 e. The molecule has 2 aromatic rings. The zero-order chi connectivity index (χ0) is 15.2. The van der Waals surface area contributed by atoms with E-state index in [2.05, 4.69) is 29.1 Å². The smallest absolute Gasteiger partial charge is 0.252 e. The molecule has 0 radical (unpaired) electrons. The van der Waals surface area contributed by atoms with E-state index in [0.717, 1.165) is 5.56 Å². The van der Waals surface area contributed by atoms with Crippen molar-refractivity contribution >= 4 is 5.91 Å². The highest BCUT2D eigenvalue weighted by Gasteiger charge is 2.19. The van der Waals surface area contributed by atoms with Crippen molar-refractivity contribution in [2.24, 2.45) is 5.92 Å². The van der Waals surface area contributed by atoms with Crippen LogP contribution in [0.1, 0.15) is 35.8 Å². The molecule has 0 unspecified atom stereocenters. The molecule has 5 nitrogen and oxygen atoms in total. The number of carbonyl (C=O) groups is 1. The molecule has 0 saturated carbocycles. The number of nitrogens with one attached hydrogen (secondary N) is 1. The van der Waals surface area contributed by atoms with Crippen LogP contribution in [0.4, 0.5) is 0 Å². The van der Waals surface area contributed by atoms with Gasteiger partial charge in [0.25, 0.3) is 5.91 Å². The summed E-state index contributed by atoms with van der Waals surface area (Å²) in [5.41, 5.74) is 1.51. The van der Waals surface area contributed by atoms with E-state index < -0.39 is 0 Å². The van der Waals surface area contributed by atoms with Crippen LogP contribution in [0.3, 0.4) is 0 Å². The van der Waals surface area contributed by atoms with E-state index in [1.165, 1.54) is 7.11 Å². The molecule has 2 rings (SSSR count). The third-order valence-corrected chi connectivity index (χ3v) is 3.20. The normalized spacial score (nSPS) is 12.0. The Bertz CT molecular complexity index is 599. The van der Waals surface area contributed by atoms with Gasteiger partial charge in [0.1, 0.15) is 0 Å². The quantitative estimate of drug-likeness (QED) is 0.917. The Morgan fingerprint density at radius 2 is 2.10 bits per heavy atom. The fourth-order valence-corrected chi connectivity index (χ4v) is 2.08. The minimum atomic E-state index is -0.154. The summed E-state index contributed by atoms with van der Waals surface area (Å²) in [6.45, 7) is 4.12. The zero-order valence-corrected chi connectivity index (χ0v) is 12.4. The van der Waals surface area contributed by atoms with Crippen LogP contribution in [0.15, 0.2) is 42.9 Å². The third-order valence-electron chi connectivity index (χ3n) is 3.20. The lowest BCUT2D eigenvalue weighted by Gasteiger charge is -2.22. The summed E-state index contributed by atoms with van der Waals surface area (Å²) < 4.78 is 5.04. The monoisotopic (exact) mass is 285 g/mol. The predicted octanol–water partition coefficient (Wildman–Crippen LogP) is 2.61. The number of hydrogen-bond donors (Lipinski definition) is 1. The second-order valence-electron chi connectivity index (χ2n) is 5.07. The van der Waals surface area contributed by atoms with Crippen LogP contribution >= 0.6 is 0 Å². The van der Waals surface area contributed by atoms with Gasteiger partial charge in [-0.1, -0.05) is 19.9 Å². The zero-order valence-electron chi connectivity index (χ0n) is 12.4. The first-order valence-electron chi connectivity index (χ1n) is 6.82. The van der Waals surface area contributed by atoms with Gasteiger partial charge in [0.2, 0.25) is 5.88 Å². The molecule has 5 heteroatoms. The first-order valence-corrected chi connectivity index (χ1v) is 6.82. The number of ether oxygens (including phenoxy) is 1. The second-order valence-corrected chi connectivity index (χ2v) is 5.07. The summed E-state index contributed by atoms with van der Waals surface area (Å²) in [5, 5.41) is 3.04. The number of nitrogens with zero attached hydrogens (tertiary/aromatic N) is 2. The van der Waals surface area contributed by atoms with E-state index in [1.807, 2.05) is 12.1 Å². The molecular formula is C16H19N3O2. The van der Waals surface area contributed by atoms with Crippen molar-refractivity contribution in [1.29, 1.82) is 0 Å².